The fraction of sp³-hybridized carbons (Fsp3) is 1.00. The van der Waals surface area contributed by atoms with Gasteiger partial charge in [-0.1, -0.05) is 0 Å². The molecule has 5 heteroatoms. The summed E-state index contributed by atoms with van der Waals surface area (Å²) in [5, 5.41) is 3.33. The highest BCUT2D eigenvalue weighted by molar-refractivity contribution is 7.91. The van der Waals surface area contributed by atoms with E-state index < -0.39 is 9.84 Å². The Labute approximate surface area is 85.6 Å². The van der Waals surface area contributed by atoms with E-state index in [9.17, 15) is 8.42 Å². The van der Waals surface area contributed by atoms with Gasteiger partial charge in [0.25, 0.3) is 0 Å². The van der Waals surface area contributed by atoms with Crippen LogP contribution in [0.3, 0.4) is 0 Å². The fourth-order valence-electron chi connectivity index (χ4n) is 2.17. The minimum absolute atomic E-state index is 0.354. The quantitative estimate of drug-likeness (QED) is 0.667. The Bertz CT molecular complexity index is 269. The molecule has 0 bridgehead atoms. The molecule has 0 aromatic carbocycles. The molecule has 82 valence electrons. The lowest BCUT2D eigenvalue weighted by Gasteiger charge is -2.28. The Morgan fingerprint density at radius 1 is 1.29 bits per heavy atom. The van der Waals surface area contributed by atoms with Gasteiger partial charge in [0.05, 0.1) is 11.5 Å². The van der Waals surface area contributed by atoms with Gasteiger partial charge in [0.1, 0.15) is 0 Å². The minimum Gasteiger partial charge on any atom is -0.316 e. The summed E-state index contributed by atoms with van der Waals surface area (Å²) < 4.78 is 22.4. The summed E-state index contributed by atoms with van der Waals surface area (Å²) in [5.41, 5.74) is 0. The highest BCUT2D eigenvalue weighted by Crippen LogP contribution is 2.12. The molecule has 2 saturated heterocycles. The van der Waals surface area contributed by atoms with Crippen molar-refractivity contribution < 1.29 is 8.42 Å². The van der Waals surface area contributed by atoms with Crippen LogP contribution in [0.5, 0.6) is 0 Å². The van der Waals surface area contributed by atoms with E-state index in [1.165, 1.54) is 6.42 Å². The van der Waals surface area contributed by atoms with Gasteiger partial charge in [0, 0.05) is 19.6 Å². The van der Waals surface area contributed by atoms with E-state index in [0.717, 1.165) is 38.6 Å². The molecule has 0 aliphatic carbocycles. The Kier molecular flexibility index (Phi) is 3.09. The van der Waals surface area contributed by atoms with Crippen molar-refractivity contribution in [3.05, 3.63) is 0 Å². The topological polar surface area (TPSA) is 49.4 Å². The minimum atomic E-state index is -2.71. The first-order chi connectivity index (χ1) is 6.66. The molecular weight excluding hydrogens is 200 g/mol. The van der Waals surface area contributed by atoms with Crippen LogP contribution in [0.15, 0.2) is 0 Å². The molecule has 2 fully saturated rings. The van der Waals surface area contributed by atoms with E-state index in [1.54, 1.807) is 0 Å². The molecule has 0 spiro atoms. The van der Waals surface area contributed by atoms with Crippen LogP contribution >= 0.6 is 0 Å². The van der Waals surface area contributed by atoms with Crippen molar-refractivity contribution in [2.45, 2.75) is 6.42 Å². The maximum absolute atomic E-state index is 11.2. The lowest BCUT2D eigenvalue weighted by atomic mass is 10.1. The fourth-order valence-corrected chi connectivity index (χ4v) is 3.45. The first-order valence-electron chi connectivity index (χ1n) is 5.29. The van der Waals surface area contributed by atoms with Gasteiger partial charge in [-0.2, -0.15) is 0 Å². The molecule has 1 atom stereocenters. The molecule has 1 N–H and O–H groups in total. The monoisotopic (exact) mass is 218 g/mol. The molecule has 2 heterocycles. The predicted octanol–water partition coefficient (Wildman–Crippen LogP) is -0.674. The van der Waals surface area contributed by atoms with E-state index in [2.05, 4.69) is 10.2 Å². The first-order valence-corrected chi connectivity index (χ1v) is 7.11. The van der Waals surface area contributed by atoms with Crippen molar-refractivity contribution in [3.63, 3.8) is 0 Å². The molecular formula is C9H18N2O2S. The van der Waals surface area contributed by atoms with Crippen LogP contribution in [0, 0.1) is 5.92 Å². The third-order valence-corrected chi connectivity index (χ3v) is 4.72. The van der Waals surface area contributed by atoms with Crippen LogP contribution < -0.4 is 5.32 Å². The molecule has 0 radical (unpaired) electrons. The van der Waals surface area contributed by atoms with Gasteiger partial charge in [0.2, 0.25) is 0 Å². The van der Waals surface area contributed by atoms with E-state index in [0.29, 0.717) is 11.5 Å². The third kappa shape index (κ3) is 2.68. The summed E-state index contributed by atoms with van der Waals surface area (Å²) in [4.78, 5) is 2.29. The largest absolute Gasteiger partial charge is 0.316 e. The number of rotatable bonds is 2. The first kappa shape index (κ1) is 10.4. The van der Waals surface area contributed by atoms with Crippen molar-refractivity contribution >= 4 is 9.84 Å². The SMILES string of the molecule is O=S1(=O)CCN(CC2CCNC2)CC1. The number of hydrogen-bond donors (Lipinski definition) is 1. The van der Waals surface area contributed by atoms with Gasteiger partial charge in [-0.3, -0.25) is 0 Å². The molecule has 2 aliphatic heterocycles. The van der Waals surface area contributed by atoms with Gasteiger partial charge >= 0.3 is 0 Å². The van der Waals surface area contributed by atoms with E-state index in [-0.39, 0.29) is 0 Å². The number of nitrogens with zero attached hydrogens (tertiary/aromatic N) is 1. The van der Waals surface area contributed by atoms with E-state index in [1.807, 2.05) is 0 Å². The summed E-state index contributed by atoms with van der Waals surface area (Å²) in [5.74, 6) is 1.44. The smallest absolute Gasteiger partial charge is 0.152 e. The van der Waals surface area contributed by atoms with Crippen LogP contribution in [0.1, 0.15) is 6.42 Å². The van der Waals surface area contributed by atoms with Gasteiger partial charge in [0.15, 0.2) is 9.84 Å². The lowest BCUT2D eigenvalue weighted by Crippen LogP contribution is -2.42. The molecule has 2 aliphatic rings. The van der Waals surface area contributed by atoms with Crippen LogP contribution in [0.25, 0.3) is 0 Å². The molecule has 0 saturated carbocycles. The highest BCUT2D eigenvalue weighted by Gasteiger charge is 2.24. The average Bonchev–Trinajstić information content (AvgIpc) is 2.61. The summed E-state index contributed by atoms with van der Waals surface area (Å²) in [6, 6.07) is 0. The second kappa shape index (κ2) is 4.16. The number of hydrogen-bond acceptors (Lipinski definition) is 4. The summed E-state index contributed by atoms with van der Waals surface area (Å²) in [7, 11) is -2.71. The molecule has 14 heavy (non-hydrogen) atoms. The van der Waals surface area contributed by atoms with Gasteiger partial charge in [-0.15, -0.1) is 0 Å². The summed E-state index contributed by atoms with van der Waals surface area (Å²) in [6.07, 6.45) is 1.24. The lowest BCUT2D eigenvalue weighted by molar-refractivity contribution is 0.255. The molecule has 0 aromatic heterocycles. The van der Waals surface area contributed by atoms with Gasteiger partial charge in [-0.25, -0.2) is 8.42 Å². The van der Waals surface area contributed by atoms with Crippen molar-refractivity contribution in [2.24, 2.45) is 5.92 Å². The zero-order chi connectivity index (χ0) is 10.0. The van der Waals surface area contributed by atoms with E-state index in [4.69, 9.17) is 0 Å². The van der Waals surface area contributed by atoms with Gasteiger partial charge in [-0.05, 0) is 25.4 Å². The maximum Gasteiger partial charge on any atom is 0.152 e. The molecule has 0 amide bonds. The Morgan fingerprint density at radius 3 is 2.57 bits per heavy atom. The summed E-state index contributed by atoms with van der Waals surface area (Å²) >= 11 is 0. The highest BCUT2D eigenvalue weighted by atomic mass is 32.2. The zero-order valence-corrected chi connectivity index (χ0v) is 9.22. The van der Waals surface area contributed by atoms with Crippen molar-refractivity contribution in [1.82, 2.24) is 10.2 Å². The maximum atomic E-state index is 11.2. The Morgan fingerprint density at radius 2 is 2.00 bits per heavy atom. The van der Waals surface area contributed by atoms with Crippen LogP contribution in [0.4, 0.5) is 0 Å². The third-order valence-electron chi connectivity index (χ3n) is 3.12. The normalized spacial score (nSPS) is 33.3. The summed E-state index contributed by atoms with van der Waals surface area (Å²) in [6.45, 7) is 4.76. The van der Waals surface area contributed by atoms with E-state index >= 15 is 0 Å². The van der Waals surface area contributed by atoms with Crippen molar-refractivity contribution in [3.8, 4) is 0 Å². The second-order valence-electron chi connectivity index (χ2n) is 4.31. The van der Waals surface area contributed by atoms with Crippen LogP contribution in [-0.2, 0) is 9.84 Å². The number of nitrogens with one attached hydrogen (secondary N) is 1. The van der Waals surface area contributed by atoms with Crippen molar-refractivity contribution in [1.29, 1.82) is 0 Å². The standard InChI is InChI=1S/C9H18N2O2S/c12-14(13)5-3-11(4-6-14)8-9-1-2-10-7-9/h9-10H,1-8H2. The van der Waals surface area contributed by atoms with Crippen LogP contribution in [0.2, 0.25) is 0 Å². The zero-order valence-electron chi connectivity index (χ0n) is 8.41. The molecule has 1 unspecified atom stereocenters. The van der Waals surface area contributed by atoms with Crippen molar-refractivity contribution in [2.75, 3.05) is 44.2 Å². The predicted molar refractivity (Wildman–Crippen MR) is 56.1 cm³/mol. The Balaban J connectivity index is 1.78. The van der Waals surface area contributed by atoms with Crippen LogP contribution in [-0.4, -0.2) is 57.5 Å². The average molecular weight is 218 g/mol. The molecule has 4 nitrogen and oxygen atoms in total. The Hall–Kier alpha value is -0.130. The second-order valence-corrected chi connectivity index (χ2v) is 6.61. The molecule has 2 rings (SSSR count). The number of sulfone groups is 1. The molecule has 0 aromatic rings. The van der Waals surface area contributed by atoms with Gasteiger partial charge < -0.3 is 10.2 Å².